The van der Waals surface area contributed by atoms with E-state index in [0.717, 1.165) is 0 Å². The Morgan fingerprint density at radius 3 is 1.50 bits per heavy atom. The summed E-state index contributed by atoms with van der Waals surface area (Å²) in [5.41, 5.74) is 0. The number of rotatable bonds is 0. The minimum absolute atomic E-state index is 0. The van der Waals surface area contributed by atoms with Crippen LogP contribution in [0.25, 0.3) is 0 Å². The molecule has 0 aliphatic heterocycles. The summed E-state index contributed by atoms with van der Waals surface area (Å²) in [4.78, 5) is 0. The van der Waals surface area contributed by atoms with Crippen molar-refractivity contribution in [2.75, 3.05) is 0 Å². The van der Waals surface area contributed by atoms with Crippen molar-refractivity contribution >= 4 is 0 Å². The SMILES string of the molecule is [K+].[O]=[Mo](=[O])([O-])[F]. The molecule has 0 fully saturated rings. The third-order valence-electron chi connectivity index (χ3n) is 0. The molecule has 0 unspecified atom stereocenters. The summed E-state index contributed by atoms with van der Waals surface area (Å²) in [6.07, 6.45) is 0. The van der Waals surface area contributed by atoms with Crippen LogP contribution in [0.4, 0.5) is 3.16 Å². The van der Waals surface area contributed by atoms with E-state index in [9.17, 15) is 3.16 Å². The van der Waals surface area contributed by atoms with E-state index < -0.39 is 16.9 Å². The van der Waals surface area contributed by atoms with Crippen LogP contribution in [-0.4, -0.2) is 0 Å². The molecule has 6 heteroatoms. The first-order chi connectivity index (χ1) is 2.00. The average Bonchev–Trinajstić information content (AvgIpc) is 0.722. The van der Waals surface area contributed by atoms with Crippen molar-refractivity contribution in [1.29, 1.82) is 0 Å². The monoisotopic (exact) mass is 204 g/mol. The third kappa shape index (κ3) is 40.9. The maximum absolute atomic E-state index is 10.2. The number of hydrogen-bond acceptors (Lipinski definition) is 3. The summed E-state index contributed by atoms with van der Waals surface area (Å²) < 4.78 is 35.8. The molecular weight excluding hydrogens is 202 g/mol. The Morgan fingerprint density at radius 2 is 1.50 bits per heavy atom. The van der Waals surface area contributed by atoms with Crippen molar-refractivity contribution in [2.45, 2.75) is 0 Å². The molecule has 32 valence electrons. The van der Waals surface area contributed by atoms with Crippen molar-refractivity contribution in [3.63, 3.8) is 0 Å². The van der Waals surface area contributed by atoms with Gasteiger partial charge in [-0.2, -0.15) is 0 Å². The zero-order chi connectivity index (χ0) is 4.50. The van der Waals surface area contributed by atoms with E-state index in [2.05, 4.69) is 0 Å². The molecule has 3 nitrogen and oxygen atoms in total. The van der Waals surface area contributed by atoms with Gasteiger partial charge in [0.15, 0.2) is 0 Å². The fourth-order valence-corrected chi connectivity index (χ4v) is 0. The van der Waals surface area contributed by atoms with Crippen LogP contribution in [0.5, 0.6) is 0 Å². The molecule has 0 saturated heterocycles. The second kappa shape index (κ2) is 3.77. The molecule has 0 N–H and O–H groups in total. The first kappa shape index (κ1) is 10.7. The Balaban J connectivity index is 0. The van der Waals surface area contributed by atoms with E-state index in [4.69, 9.17) is 10.6 Å². The van der Waals surface area contributed by atoms with Gasteiger partial charge in [0.2, 0.25) is 0 Å². The zero-order valence-corrected chi connectivity index (χ0v) is 8.14. The molecule has 0 atom stereocenters. The van der Waals surface area contributed by atoms with E-state index in [1.165, 1.54) is 0 Å². The Bertz CT molecular complexity index is 94.0. The second-order valence-electron chi connectivity index (χ2n) is 0.393. The molecule has 0 spiro atoms. The molecule has 0 aromatic heterocycles. The standard InChI is InChI=1S/FH.K.Mo.3O/h1H;;;;;/q;2*+1;;;-1/p-1. The first-order valence-corrected chi connectivity index (χ1v) is 3.87. The Hall–Kier alpha value is 1.81. The minimum atomic E-state index is -6.27. The summed E-state index contributed by atoms with van der Waals surface area (Å²) in [5, 5.41) is 0. The van der Waals surface area contributed by atoms with Gasteiger partial charge in [-0.1, -0.05) is 0 Å². The van der Waals surface area contributed by atoms with Crippen LogP contribution < -0.4 is 55.1 Å². The predicted octanol–water partition coefficient (Wildman–Crippen LogP) is -4.00. The van der Waals surface area contributed by atoms with Crippen LogP contribution >= 0.6 is 0 Å². The molecule has 0 aliphatic carbocycles. The van der Waals surface area contributed by atoms with Crippen LogP contribution in [0.3, 0.4) is 0 Å². The second-order valence-corrected chi connectivity index (χ2v) is 2.33. The normalized spacial score (nSPS) is 9.67. The quantitative estimate of drug-likeness (QED) is 0.376. The average molecular weight is 202 g/mol. The van der Waals surface area contributed by atoms with E-state index in [0.29, 0.717) is 0 Å². The fraction of sp³-hybridized carbons (Fsp3) is 0. The molecule has 0 aliphatic rings. The molecule has 0 radical (unpaired) electrons. The summed E-state index contributed by atoms with van der Waals surface area (Å²) >= 11 is -6.27. The van der Waals surface area contributed by atoms with Crippen molar-refractivity contribution in [3.8, 4) is 0 Å². The summed E-state index contributed by atoms with van der Waals surface area (Å²) in [6, 6.07) is 0. The maximum atomic E-state index is 10.2. The Kier molecular flexibility index (Phi) is 6.75. The summed E-state index contributed by atoms with van der Waals surface area (Å²) in [5.74, 6) is 0. The topological polar surface area (TPSA) is 57.2 Å². The molecule has 0 saturated carbocycles. The van der Waals surface area contributed by atoms with E-state index in [1.807, 2.05) is 0 Å². The van der Waals surface area contributed by atoms with Gasteiger partial charge in [-0.3, -0.25) is 0 Å². The van der Waals surface area contributed by atoms with Gasteiger partial charge in [-0.25, -0.2) is 0 Å². The molecule has 0 rings (SSSR count). The summed E-state index contributed by atoms with van der Waals surface area (Å²) in [7, 11) is 0. The van der Waals surface area contributed by atoms with E-state index in [-0.39, 0.29) is 51.4 Å². The predicted molar refractivity (Wildman–Crippen MR) is 2.48 cm³/mol. The van der Waals surface area contributed by atoms with Gasteiger partial charge in [0.05, 0.1) is 0 Å². The van der Waals surface area contributed by atoms with Crippen LogP contribution in [0, 0.1) is 0 Å². The van der Waals surface area contributed by atoms with Crippen molar-refractivity contribution in [2.24, 2.45) is 0 Å². The van der Waals surface area contributed by atoms with Gasteiger partial charge < -0.3 is 0 Å². The van der Waals surface area contributed by atoms with Gasteiger partial charge in [0.1, 0.15) is 0 Å². The number of hydrogen-bond donors (Lipinski definition) is 0. The fourth-order valence-electron chi connectivity index (χ4n) is 0. The van der Waals surface area contributed by atoms with Crippen LogP contribution in [0.2, 0.25) is 0 Å². The van der Waals surface area contributed by atoms with Crippen molar-refractivity contribution in [3.05, 3.63) is 0 Å². The zero-order valence-electron chi connectivity index (χ0n) is 3.01. The molecule has 0 heterocycles. The van der Waals surface area contributed by atoms with Crippen molar-refractivity contribution in [1.82, 2.24) is 0 Å². The van der Waals surface area contributed by atoms with E-state index in [1.54, 1.807) is 0 Å². The molecule has 0 amide bonds. The van der Waals surface area contributed by atoms with Gasteiger partial charge in [0, 0.05) is 0 Å². The van der Waals surface area contributed by atoms with Crippen LogP contribution in [0.1, 0.15) is 0 Å². The van der Waals surface area contributed by atoms with Gasteiger partial charge in [0.25, 0.3) is 0 Å². The molecule has 0 aromatic carbocycles. The third-order valence-corrected chi connectivity index (χ3v) is 0. The first-order valence-electron chi connectivity index (χ1n) is 0.654. The Labute approximate surface area is 80.3 Å². The molecular formula is FKMoO3. The molecule has 0 bridgehead atoms. The molecule has 0 aromatic rings. The van der Waals surface area contributed by atoms with Crippen molar-refractivity contribution < 1.29 is 82.0 Å². The van der Waals surface area contributed by atoms with Gasteiger partial charge >= 0.3 is 82.0 Å². The summed E-state index contributed by atoms with van der Waals surface area (Å²) in [6.45, 7) is 0. The van der Waals surface area contributed by atoms with Crippen LogP contribution in [0.15, 0.2) is 0 Å². The van der Waals surface area contributed by atoms with E-state index >= 15 is 0 Å². The molecule has 6 heavy (non-hydrogen) atoms. The van der Waals surface area contributed by atoms with Gasteiger partial charge in [-0.05, 0) is 0 Å². The van der Waals surface area contributed by atoms with Crippen LogP contribution in [-0.2, 0) is 23.7 Å². The van der Waals surface area contributed by atoms with Gasteiger partial charge in [-0.15, -0.1) is 0 Å². The number of halogens is 1. The Morgan fingerprint density at radius 1 is 1.50 bits per heavy atom.